The van der Waals surface area contributed by atoms with E-state index in [1.165, 1.54) is 18.7 Å². The Morgan fingerprint density at radius 1 is 1.36 bits per heavy atom. The molecular formula is C9H5BrN2O2. The van der Waals surface area contributed by atoms with Crippen molar-refractivity contribution in [3.63, 3.8) is 0 Å². The summed E-state index contributed by atoms with van der Waals surface area (Å²) in [6.45, 7) is 0. The summed E-state index contributed by atoms with van der Waals surface area (Å²) in [7, 11) is 0. The van der Waals surface area contributed by atoms with E-state index in [1.54, 1.807) is 12.1 Å². The van der Waals surface area contributed by atoms with Gasteiger partial charge in [-0.15, -0.1) is 0 Å². The Labute approximate surface area is 88.1 Å². The number of furan rings is 1. The molecule has 70 valence electrons. The van der Waals surface area contributed by atoms with E-state index < -0.39 is 0 Å². The fourth-order valence-corrected chi connectivity index (χ4v) is 1.39. The standard InChI is InChI=1S/C9H5BrN2O2/c10-7-2-4-14-9(7)8(13)6-1-3-11-12-5-6/h1-5H. The third-order valence-corrected chi connectivity index (χ3v) is 2.29. The number of ketones is 1. The molecule has 0 spiro atoms. The molecule has 2 aromatic rings. The molecule has 0 aliphatic rings. The van der Waals surface area contributed by atoms with Crippen molar-refractivity contribution in [2.45, 2.75) is 0 Å². The predicted molar refractivity (Wildman–Crippen MR) is 51.9 cm³/mol. The van der Waals surface area contributed by atoms with Crippen LogP contribution in [-0.4, -0.2) is 16.0 Å². The summed E-state index contributed by atoms with van der Waals surface area (Å²) in [5.41, 5.74) is 0.454. The van der Waals surface area contributed by atoms with Gasteiger partial charge in [-0.25, -0.2) is 0 Å². The SMILES string of the molecule is O=C(c1ccnnc1)c1occc1Br. The van der Waals surface area contributed by atoms with Gasteiger partial charge in [0, 0.05) is 5.56 Å². The first-order valence-corrected chi connectivity index (χ1v) is 4.63. The molecule has 0 aliphatic heterocycles. The molecule has 0 radical (unpaired) electrons. The second kappa shape index (κ2) is 3.71. The van der Waals surface area contributed by atoms with Crippen molar-refractivity contribution in [2.24, 2.45) is 0 Å². The highest BCUT2D eigenvalue weighted by Gasteiger charge is 2.15. The Bertz CT molecular complexity index is 453. The van der Waals surface area contributed by atoms with E-state index >= 15 is 0 Å². The van der Waals surface area contributed by atoms with Crippen LogP contribution in [0.25, 0.3) is 0 Å². The monoisotopic (exact) mass is 252 g/mol. The number of hydrogen-bond acceptors (Lipinski definition) is 4. The van der Waals surface area contributed by atoms with Crippen molar-refractivity contribution in [1.82, 2.24) is 10.2 Å². The molecule has 5 heteroatoms. The minimum atomic E-state index is -0.211. The number of hydrogen-bond donors (Lipinski definition) is 0. The van der Waals surface area contributed by atoms with Crippen LogP contribution in [0.1, 0.15) is 16.1 Å². The first kappa shape index (κ1) is 9.08. The molecule has 0 fully saturated rings. The highest BCUT2D eigenvalue weighted by Crippen LogP contribution is 2.20. The lowest BCUT2D eigenvalue weighted by Crippen LogP contribution is -2.01. The Balaban J connectivity index is 2.39. The van der Waals surface area contributed by atoms with E-state index in [0.29, 0.717) is 10.0 Å². The molecule has 0 unspecified atom stereocenters. The van der Waals surface area contributed by atoms with Crippen molar-refractivity contribution >= 4 is 21.7 Å². The van der Waals surface area contributed by atoms with Crippen LogP contribution in [0, 0.1) is 0 Å². The molecule has 0 saturated carbocycles. The first-order valence-electron chi connectivity index (χ1n) is 3.83. The zero-order valence-electron chi connectivity index (χ0n) is 6.98. The Morgan fingerprint density at radius 2 is 2.21 bits per heavy atom. The molecule has 2 aromatic heterocycles. The van der Waals surface area contributed by atoms with Crippen LogP contribution in [0.3, 0.4) is 0 Å². The molecule has 0 saturated heterocycles. The van der Waals surface area contributed by atoms with Crippen LogP contribution >= 0.6 is 15.9 Å². The zero-order chi connectivity index (χ0) is 9.97. The Morgan fingerprint density at radius 3 is 2.79 bits per heavy atom. The summed E-state index contributed by atoms with van der Waals surface area (Å²) in [5.74, 6) is 0.0646. The normalized spacial score (nSPS) is 10.1. The summed E-state index contributed by atoms with van der Waals surface area (Å²) in [6.07, 6.45) is 4.31. The molecule has 0 aliphatic carbocycles. The minimum absolute atomic E-state index is 0.211. The lowest BCUT2D eigenvalue weighted by Gasteiger charge is -1.95. The second-order valence-electron chi connectivity index (χ2n) is 2.56. The quantitative estimate of drug-likeness (QED) is 0.768. The van der Waals surface area contributed by atoms with Crippen LogP contribution < -0.4 is 0 Å². The molecule has 0 N–H and O–H groups in total. The van der Waals surface area contributed by atoms with Crippen LogP contribution in [-0.2, 0) is 0 Å². The number of halogens is 1. The fraction of sp³-hybridized carbons (Fsp3) is 0. The first-order chi connectivity index (χ1) is 6.79. The maximum atomic E-state index is 11.7. The van der Waals surface area contributed by atoms with Gasteiger partial charge in [-0.05, 0) is 28.1 Å². The highest BCUT2D eigenvalue weighted by molar-refractivity contribution is 9.10. The number of rotatable bonds is 2. The minimum Gasteiger partial charge on any atom is -0.460 e. The predicted octanol–water partition coefficient (Wildman–Crippen LogP) is 2.06. The van der Waals surface area contributed by atoms with Gasteiger partial charge in [0.1, 0.15) is 0 Å². The molecule has 14 heavy (non-hydrogen) atoms. The van der Waals surface area contributed by atoms with Crippen LogP contribution in [0.2, 0.25) is 0 Å². The van der Waals surface area contributed by atoms with Crippen molar-refractivity contribution in [1.29, 1.82) is 0 Å². The summed E-state index contributed by atoms with van der Waals surface area (Å²) < 4.78 is 5.67. The van der Waals surface area contributed by atoms with Gasteiger partial charge >= 0.3 is 0 Å². The van der Waals surface area contributed by atoms with E-state index in [4.69, 9.17) is 4.42 Å². The van der Waals surface area contributed by atoms with Crippen molar-refractivity contribution in [2.75, 3.05) is 0 Å². The van der Waals surface area contributed by atoms with Gasteiger partial charge in [0.25, 0.3) is 0 Å². The number of nitrogens with zero attached hydrogens (tertiary/aromatic N) is 2. The van der Waals surface area contributed by atoms with Gasteiger partial charge in [-0.1, -0.05) is 0 Å². The van der Waals surface area contributed by atoms with Crippen molar-refractivity contribution in [3.05, 3.63) is 46.6 Å². The topological polar surface area (TPSA) is 56.0 Å². The zero-order valence-corrected chi connectivity index (χ0v) is 8.56. The molecule has 0 amide bonds. The number of carbonyl (C=O) groups excluding carboxylic acids is 1. The lowest BCUT2D eigenvalue weighted by atomic mass is 10.2. The molecule has 0 bridgehead atoms. The Hall–Kier alpha value is -1.49. The van der Waals surface area contributed by atoms with Gasteiger partial charge < -0.3 is 4.42 Å². The van der Waals surface area contributed by atoms with Gasteiger partial charge in [0.05, 0.1) is 23.1 Å². The average Bonchev–Trinajstić information content (AvgIpc) is 2.65. The summed E-state index contributed by atoms with van der Waals surface area (Å²) >= 11 is 3.21. The molecular weight excluding hydrogens is 248 g/mol. The Kier molecular flexibility index (Phi) is 2.41. The van der Waals surface area contributed by atoms with E-state index in [2.05, 4.69) is 26.1 Å². The summed E-state index contributed by atoms with van der Waals surface area (Å²) in [5, 5.41) is 7.20. The third-order valence-electron chi connectivity index (χ3n) is 1.67. The van der Waals surface area contributed by atoms with Crippen LogP contribution in [0.4, 0.5) is 0 Å². The third kappa shape index (κ3) is 1.58. The fourth-order valence-electron chi connectivity index (χ4n) is 1.01. The maximum absolute atomic E-state index is 11.7. The average molecular weight is 253 g/mol. The highest BCUT2D eigenvalue weighted by atomic mass is 79.9. The van der Waals surface area contributed by atoms with E-state index in [-0.39, 0.29) is 11.5 Å². The van der Waals surface area contributed by atoms with E-state index in [0.717, 1.165) is 0 Å². The molecule has 2 rings (SSSR count). The van der Waals surface area contributed by atoms with Crippen LogP contribution in [0.15, 0.2) is 39.7 Å². The van der Waals surface area contributed by atoms with Gasteiger partial charge in [-0.3, -0.25) is 4.79 Å². The molecule has 2 heterocycles. The largest absolute Gasteiger partial charge is 0.460 e. The molecule has 0 aromatic carbocycles. The summed E-state index contributed by atoms with van der Waals surface area (Å²) in [4.78, 5) is 11.7. The van der Waals surface area contributed by atoms with Gasteiger partial charge in [-0.2, -0.15) is 10.2 Å². The maximum Gasteiger partial charge on any atom is 0.231 e. The summed E-state index contributed by atoms with van der Waals surface area (Å²) in [6, 6.07) is 3.26. The smallest absolute Gasteiger partial charge is 0.231 e. The molecule has 0 atom stereocenters. The lowest BCUT2D eigenvalue weighted by molar-refractivity contribution is 0.101. The van der Waals surface area contributed by atoms with Gasteiger partial charge in [0.15, 0.2) is 5.76 Å². The second-order valence-corrected chi connectivity index (χ2v) is 3.41. The number of aromatic nitrogens is 2. The van der Waals surface area contributed by atoms with Crippen LogP contribution in [0.5, 0.6) is 0 Å². The van der Waals surface area contributed by atoms with Gasteiger partial charge in [0.2, 0.25) is 5.78 Å². The van der Waals surface area contributed by atoms with E-state index in [9.17, 15) is 4.79 Å². The van der Waals surface area contributed by atoms with Crippen molar-refractivity contribution in [3.8, 4) is 0 Å². The number of carbonyl (C=O) groups is 1. The molecule has 4 nitrogen and oxygen atoms in total. The van der Waals surface area contributed by atoms with E-state index in [1.807, 2.05) is 0 Å². The van der Waals surface area contributed by atoms with Crippen molar-refractivity contribution < 1.29 is 9.21 Å².